The smallest absolute Gasteiger partial charge is 0.267 e. The lowest BCUT2D eigenvalue weighted by Crippen LogP contribution is -2.32. The number of benzene rings is 1. The van der Waals surface area contributed by atoms with Gasteiger partial charge >= 0.3 is 0 Å². The lowest BCUT2D eigenvalue weighted by atomic mass is 10.1. The molecule has 0 aromatic heterocycles. The third kappa shape index (κ3) is 2.80. The predicted octanol–water partition coefficient (Wildman–Crippen LogP) is 0.679. The minimum absolute atomic E-state index is 0.00274. The Morgan fingerprint density at radius 1 is 1.31 bits per heavy atom. The van der Waals surface area contributed by atoms with Gasteiger partial charge in [-0.15, -0.1) is 0 Å². The van der Waals surface area contributed by atoms with Crippen LogP contribution in [0.2, 0.25) is 0 Å². The van der Waals surface area contributed by atoms with Gasteiger partial charge in [-0.2, -0.15) is 0 Å². The number of hydrogen-bond donors (Lipinski definition) is 3. The largest absolute Gasteiger partial charge is 0.375 e. The van der Waals surface area contributed by atoms with E-state index in [0.29, 0.717) is 11.3 Å². The first-order valence-corrected chi connectivity index (χ1v) is 4.93. The lowest BCUT2D eigenvalue weighted by Gasteiger charge is -2.14. The number of hydrazine groups is 1. The number of para-hydroxylation sites is 1. The molecular formula is C11H15N3O2. The minimum Gasteiger partial charge on any atom is -0.375 e. The van der Waals surface area contributed by atoms with Gasteiger partial charge in [-0.3, -0.25) is 15.0 Å². The average molecular weight is 221 g/mol. The van der Waals surface area contributed by atoms with Crippen molar-refractivity contribution in [3.63, 3.8) is 0 Å². The Balaban J connectivity index is 2.95. The van der Waals surface area contributed by atoms with Gasteiger partial charge in [0.2, 0.25) is 0 Å². The summed E-state index contributed by atoms with van der Waals surface area (Å²) in [4.78, 5) is 22.5. The normalized spacial score (nSPS) is 11.7. The highest BCUT2D eigenvalue weighted by molar-refractivity contribution is 6.00. The van der Waals surface area contributed by atoms with Gasteiger partial charge in [0.05, 0.1) is 11.6 Å². The van der Waals surface area contributed by atoms with E-state index in [9.17, 15) is 9.59 Å². The Bertz CT molecular complexity index is 404. The molecule has 0 spiro atoms. The Hall–Kier alpha value is -1.88. The number of anilines is 1. The summed E-state index contributed by atoms with van der Waals surface area (Å²) in [5, 5.41) is 2.96. The van der Waals surface area contributed by atoms with Crippen molar-refractivity contribution in [1.82, 2.24) is 5.43 Å². The molecule has 4 N–H and O–H groups in total. The van der Waals surface area contributed by atoms with Crippen molar-refractivity contribution in [3.8, 4) is 0 Å². The van der Waals surface area contributed by atoms with Crippen LogP contribution in [0.25, 0.3) is 0 Å². The quantitative estimate of drug-likeness (QED) is 0.396. The third-order valence-electron chi connectivity index (χ3n) is 2.28. The number of nitrogens with two attached hydrogens (primary N) is 1. The summed E-state index contributed by atoms with van der Waals surface area (Å²) < 4.78 is 0. The van der Waals surface area contributed by atoms with E-state index in [4.69, 9.17) is 5.84 Å². The second-order valence-corrected chi connectivity index (χ2v) is 3.50. The highest BCUT2D eigenvalue weighted by Crippen LogP contribution is 2.15. The van der Waals surface area contributed by atoms with Crippen LogP contribution in [-0.4, -0.2) is 17.7 Å². The minimum atomic E-state index is -0.390. The first-order valence-electron chi connectivity index (χ1n) is 4.93. The molecular weight excluding hydrogens is 206 g/mol. The van der Waals surface area contributed by atoms with Crippen molar-refractivity contribution in [3.05, 3.63) is 29.8 Å². The highest BCUT2D eigenvalue weighted by atomic mass is 16.2. The fourth-order valence-electron chi connectivity index (χ4n) is 1.22. The third-order valence-corrected chi connectivity index (χ3v) is 2.28. The molecule has 0 aliphatic carbocycles. The van der Waals surface area contributed by atoms with Crippen molar-refractivity contribution < 1.29 is 9.59 Å². The van der Waals surface area contributed by atoms with Crippen molar-refractivity contribution in [1.29, 1.82) is 0 Å². The molecule has 0 bridgehead atoms. The Morgan fingerprint density at radius 3 is 2.50 bits per heavy atom. The van der Waals surface area contributed by atoms with Gasteiger partial charge in [-0.05, 0) is 26.0 Å². The fraction of sp³-hybridized carbons (Fsp3) is 0.273. The molecule has 5 heteroatoms. The summed E-state index contributed by atoms with van der Waals surface area (Å²) in [6.45, 7) is 3.22. The zero-order valence-corrected chi connectivity index (χ0v) is 9.28. The van der Waals surface area contributed by atoms with E-state index >= 15 is 0 Å². The van der Waals surface area contributed by atoms with E-state index in [1.54, 1.807) is 31.2 Å². The molecule has 16 heavy (non-hydrogen) atoms. The standard InChI is InChI=1S/C11H15N3O2/c1-7(8(2)15)13-10-6-4-3-5-9(10)11(16)14-12/h3-7,13H,12H2,1-2H3,(H,14,16). The van der Waals surface area contributed by atoms with E-state index in [-0.39, 0.29) is 17.7 Å². The topological polar surface area (TPSA) is 84.2 Å². The van der Waals surface area contributed by atoms with Gasteiger partial charge in [-0.25, -0.2) is 5.84 Å². The second kappa shape index (κ2) is 5.27. The molecule has 5 nitrogen and oxygen atoms in total. The van der Waals surface area contributed by atoms with Crippen LogP contribution in [-0.2, 0) is 4.79 Å². The average Bonchev–Trinajstić information content (AvgIpc) is 2.28. The molecule has 1 rings (SSSR count). The van der Waals surface area contributed by atoms with Crippen molar-refractivity contribution in [2.24, 2.45) is 5.84 Å². The van der Waals surface area contributed by atoms with Gasteiger partial charge in [-0.1, -0.05) is 12.1 Å². The van der Waals surface area contributed by atoms with E-state index in [0.717, 1.165) is 0 Å². The molecule has 0 radical (unpaired) electrons. The molecule has 1 unspecified atom stereocenters. The molecule has 0 aliphatic rings. The number of nitrogens with one attached hydrogen (secondary N) is 2. The van der Waals surface area contributed by atoms with Crippen molar-refractivity contribution in [2.75, 3.05) is 5.32 Å². The monoisotopic (exact) mass is 221 g/mol. The van der Waals surface area contributed by atoms with Gasteiger partial charge < -0.3 is 5.32 Å². The zero-order valence-electron chi connectivity index (χ0n) is 9.28. The lowest BCUT2D eigenvalue weighted by molar-refractivity contribution is -0.117. The van der Waals surface area contributed by atoms with Gasteiger partial charge in [0.1, 0.15) is 0 Å². The van der Waals surface area contributed by atoms with Crippen molar-refractivity contribution in [2.45, 2.75) is 19.9 Å². The van der Waals surface area contributed by atoms with Gasteiger partial charge in [0.15, 0.2) is 5.78 Å². The number of ketones is 1. The predicted molar refractivity (Wildman–Crippen MR) is 61.9 cm³/mol. The first-order chi connectivity index (χ1) is 7.56. The molecule has 0 saturated heterocycles. The van der Waals surface area contributed by atoms with Crippen LogP contribution in [0.3, 0.4) is 0 Å². The first kappa shape index (κ1) is 12.2. The number of carbonyl (C=O) groups is 2. The van der Waals surface area contributed by atoms with Crippen LogP contribution in [0.1, 0.15) is 24.2 Å². The van der Waals surface area contributed by atoms with Crippen LogP contribution in [0.4, 0.5) is 5.69 Å². The summed E-state index contributed by atoms with van der Waals surface area (Å²) in [5.41, 5.74) is 3.07. The van der Waals surface area contributed by atoms with Crippen LogP contribution < -0.4 is 16.6 Å². The van der Waals surface area contributed by atoms with E-state index < -0.39 is 0 Å². The van der Waals surface area contributed by atoms with Crippen molar-refractivity contribution >= 4 is 17.4 Å². The van der Waals surface area contributed by atoms with Gasteiger partial charge in [0, 0.05) is 5.69 Å². The number of rotatable bonds is 4. The molecule has 1 aromatic rings. The van der Waals surface area contributed by atoms with Gasteiger partial charge in [0.25, 0.3) is 5.91 Å². The number of carbonyl (C=O) groups excluding carboxylic acids is 2. The number of Topliss-reactive ketones (excluding diaryl/α,β-unsaturated/α-hetero) is 1. The summed E-state index contributed by atoms with van der Waals surface area (Å²) in [6.07, 6.45) is 0. The molecule has 0 aliphatic heterocycles. The van der Waals surface area contributed by atoms with Crippen LogP contribution in [0, 0.1) is 0 Å². The van der Waals surface area contributed by atoms with Crippen LogP contribution in [0.15, 0.2) is 24.3 Å². The molecule has 1 amide bonds. The Labute approximate surface area is 94.0 Å². The van der Waals surface area contributed by atoms with Crippen LogP contribution >= 0.6 is 0 Å². The summed E-state index contributed by atoms with van der Waals surface area (Å²) in [7, 11) is 0. The van der Waals surface area contributed by atoms with E-state index in [2.05, 4.69) is 10.7 Å². The summed E-state index contributed by atoms with van der Waals surface area (Å²) in [6, 6.07) is 6.53. The molecule has 86 valence electrons. The maximum absolute atomic E-state index is 11.4. The fourth-order valence-corrected chi connectivity index (χ4v) is 1.22. The maximum Gasteiger partial charge on any atom is 0.267 e. The number of hydrogen-bond acceptors (Lipinski definition) is 4. The van der Waals surface area contributed by atoms with E-state index in [1.807, 2.05) is 0 Å². The Morgan fingerprint density at radius 2 is 1.94 bits per heavy atom. The Kier molecular flexibility index (Phi) is 4.02. The molecule has 1 atom stereocenters. The molecule has 0 heterocycles. The number of amides is 1. The summed E-state index contributed by atoms with van der Waals surface area (Å²) in [5.74, 6) is 4.68. The van der Waals surface area contributed by atoms with E-state index in [1.165, 1.54) is 6.92 Å². The molecule has 1 aromatic carbocycles. The van der Waals surface area contributed by atoms with Crippen LogP contribution in [0.5, 0.6) is 0 Å². The molecule has 0 saturated carbocycles. The number of nitrogen functional groups attached to an aromatic ring is 1. The maximum atomic E-state index is 11.4. The molecule has 0 fully saturated rings. The zero-order chi connectivity index (χ0) is 12.1. The summed E-state index contributed by atoms with van der Waals surface area (Å²) >= 11 is 0. The SMILES string of the molecule is CC(=O)C(C)Nc1ccccc1C(=O)NN. The highest BCUT2D eigenvalue weighted by Gasteiger charge is 2.13. The second-order valence-electron chi connectivity index (χ2n) is 3.50.